The van der Waals surface area contributed by atoms with Crippen LogP contribution >= 0.6 is 0 Å². The van der Waals surface area contributed by atoms with E-state index in [1.807, 2.05) is 6.92 Å². The Hall–Kier alpha value is -0.560. The second kappa shape index (κ2) is 3.98. The van der Waals surface area contributed by atoms with Gasteiger partial charge in [-0.2, -0.15) is 0 Å². The van der Waals surface area contributed by atoms with Crippen LogP contribution < -0.4 is 0 Å². The van der Waals surface area contributed by atoms with Crippen molar-refractivity contribution >= 4 is 0 Å². The van der Waals surface area contributed by atoms with Crippen molar-refractivity contribution in [1.82, 2.24) is 0 Å². The first-order chi connectivity index (χ1) is 7.80. The zero-order chi connectivity index (χ0) is 12.8. The normalized spacial score (nSPS) is 40.4. The Morgan fingerprint density at radius 3 is 2.59 bits per heavy atom. The van der Waals surface area contributed by atoms with Crippen LogP contribution in [0.25, 0.3) is 0 Å². The maximum Gasteiger partial charge on any atom is 0.0639 e. The van der Waals surface area contributed by atoms with E-state index in [0.29, 0.717) is 22.7 Å². The number of aliphatic hydroxyl groups excluding tert-OH is 1. The average Bonchev–Trinajstić information content (AvgIpc) is 2.22. The van der Waals surface area contributed by atoms with Crippen molar-refractivity contribution in [3.05, 3.63) is 23.3 Å². The van der Waals surface area contributed by atoms with Crippen LogP contribution in [-0.4, -0.2) is 11.7 Å². The van der Waals surface area contributed by atoms with E-state index >= 15 is 0 Å². The Labute approximate surface area is 106 Å². The van der Waals surface area contributed by atoms with Gasteiger partial charge in [-0.05, 0) is 49.4 Å². The van der Waals surface area contributed by atoms with E-state index in [1.54, 1.807) is 5.57 Å². The highest BCUT2D eigenvalue weighted by Crippen LogP contribution is 2.62. The van der Waals surface area contributed by atoms with Crippen molar-refractivity contribution in [3.8, 4) is 0 Å². The van der Waals surface area contributed by atoms with Crippen LogP contribution in [0.1, 0.15) is 47.5 Å². The summed E-state index contributed by atoms with van der Waals surface area (Å²) in [5, 5.41) is 9.17. The minimum Gasteiger partial charge on any atom is -0.392 e. The molecule has 0 radical (unpaired) electrons. The van der Waals surface area contributed by atoms with E-state index in [0.717, 1.165) is 5.57 Å². The zero-order valence-corrected chi connectivity index (χ0v) is 11.9. The van der Waals surface area contributed by atoms with Crippen LogP contribution in [0.4, 0.5) is 0 Å². The molecule has 0 saturated heterocycles. The number of rotatable bonds is 2. The highest BCUT2D eigenvalue weighted by molar-refractivity contribution is 5.28. The summed E-state index contributed by atoms with van der Waals surface area (Å²) >= 11 is 0. The van der Waals surface area contributed by atoms with E-state index in [1.165, 1.54) is 12.8 Å². The molecule has 1 fully saturated rings. The Morgan fingerprint density at radius 1 is 1.41 bits per heavy atom. The molecule has 1 nitrogen and oxygen atoms in total. The average molecular weight is 234 g/mol. The van der Waals surface area contributed by atoms with E-state index < -0.39 is 0 Å². The first-order valence-electron chi connectivity index (χ1n) is 6.77. The molecule has 0 amide bonds. The molecule has 96 valence electrons. The van der Waals surface area contributed by atoms with Gasteiger partial charge in [-0.25, -0.2) is 0 Å². The van der Waals surface area contributed by atoms with Gasteiger partial charge in [0.2, 0.25) is 0 Å². The largest absolute Gasteiger partial charge is 0.392 e. The van der Waals surface area contributed by atoms with E-state index in [2.05, 4.69) is 39.8 Å². The second-order valence-corrected chi connectivity index (χ2v) is 6.97. The second-order valence-electron chi connectivity index (χ2n) is 6.97. The summed E-state index contributed by atoms with van der Waals surface area (Å²) in [5.41, 5.74) is 3.44. The quantitative estimate of drug-likeness (QED) is 0.717. The molecule has 3 unspecified atom stereocenters. The third-order valence-corrected chi connectivity index (χ3v) is 5.52. The lowest BCUT2D eigenvalue weighted by Crippen LogP contribution is -2.48. The van der Waals surface area contributed by atoms with Crippen molar-refractivity contribution < 1.29 is 5.11 Å². The molecule has 1 N–H and O–H groups in total. The topological polar surface area (TPSA) is 20.2 Å². The highest BCUT2D eigenvalue weighted by Gasteiger charge is 2.52. The first-order valence-corrected chi connectivity index (χ1v) is 6.77. The van der Waals surface area contributed by atoms with Crippen molar-refractivity contribution in [3.63, 3.8) is 0 Å². The molecule has 3 aliphatic carbocycles. The fraction of sp³-hybridized carbons (Fsp3) is 0.750. The van der Waals surface area contributed by atoms with Gasteiger partial charge in [-0.15, -0.1) is 0 Å². The van der Waals surface area contributed by atoms with Gasteiger partial charge in [0.1, 0.15) is 0 Å². The summed E-state index contributed by atoms with van der Waals surface area (Å²) in [6.07, 6.45) is 7.31. The summed E-state index contributed by atoms with van der Waals surface area (Å²) in [6.45, 7) is 11.8. The van der Waals surface area contributed by atoms with Crippen LogP contribution in [0, 0.1) is 22.7 Å². The van der Waals surface area contributed by atoms with Gasteiger partial charge in [0.05, 0.1) is 6.61 Å². The molecule has 0 spiro atoms. The third-order valence-electron chi connectivity index (χ3n) is 5.52. The van der Waals surface area contributed by atoms with Crippen LogP contribution in [0.2, 0.25) is 0 Å². The number of hydrogen-bond donors (Lipinski definition) is 1. The number of hydrogen-bond acceptors (Lipinski definition) is 1. The maximum absolute atomic E-state index is 9.17. The monoisotopic (exact) mass is 234 g/mol. The molecule has 1 heteroatoms. The minimum absolute atomic E-state index is 0.200. The minimum atomic E-state index is 0.200. The van der Waals surface area contributed by atoms with Crippen LogP contribution in [-0.2, 0) is 0 Å². The van der Waals surface area contributed by atoms with Crippen molar-refractivity contribution in [2.45, 2.75) is 47.5 Å². The van der Waals surface area contributed by atoms with Crippen molar-refractivity contribution in [2.75, 3.05) is 6.61 Å². The molecule has 3 aliphatic rings. The molecular weight excluding hydrogens is 208 g/mol. The van der Waals surface area contributed by atoms with Gasteiger partial charge < -0.3 is 5.11 Å². The molecule has 0 heterocycles. The molecule has 0 aromatic carbocycles. The standard InChI is InChI=1S/C16H26O/c1-11(10-17)6-13-9-16(5)12(2)7-14(13)8-15(16,3)4/h6-7,13-14,17H,8-10H2,1-5H3. The summed E-state index contributed by atoms with van der Waals surface area (Å²) in [7, 11) is 0. The van der Waals surface area contributed by atoms with Gasteiger partial charge in [0.25, 0.3) is 0 Å². The molecule has 3 atom stereocenters. The predicted octanol–water partition coefficient (Wildman–Crippen LogP) is 3.94. The van der Waals surface area contributed by atoms with E-state index in [9.17, 15) is 5.11 Å². The van der Waals surface area contributed by atoms with Crippen LogP contribution in [0.3, 0.4) is 0 Å². The lowest BCUT2D eigenvalue weighted by atomic mass is 9.47. The summed E-state index contributed by atoms with van der Waals surface area (Å²) in [6, 6.07) is 0. The molecule has 2 bridgehead atoms. The summed E-state index contributed by atoms with van der Waals surface area (Å²) in [5.74, 6) is 1.30. The summed E-state index contributed by atoms with van der Waals surface area (Å²) < 4.78 is 0. The molecule has 0 aliphatic heterocycles. The van der Waals surface area contributed by atoms with Gasteiger partial charge >= 0.3 is 0 Å². The van der Waals surface area contributed by atoms with E-state index in [-0.39, 0.29) is 6.61 Å². The molecule has 0 aromatic rings. The van der Waals surface area contributed by atoms with Crippen LogP contribution in [0.15, 0.2) is 23.3 Å². The number of fused-ring (bicyclic) bond motifs is 2. The molecule has 1 saturated carbocycles. The van der Waals surface area contributed by atoms with Gasteiger partial charge in [-0.3, -0.25) is 0 Å². The number of aliphatic hydroxyl groups is 1. The molecule has 0 aromatic heterocycles. The highest BCUT2D eigenvalue weighted by atomic mass is 16.3. The molecular formula is C16H26O. The smallest absolute Gasteiger partial charge is 0.0639 e. The van der Waals surface area contributed by atoms with Gasteiger partial charge in [0.15, 0.2) is 0 Å². The zero-order valence-electron chi connectivity index (χ0n) is 11.9. The Kier molecular flexibility index (Phi) is 3.02. The Bertz CT molecular complexity index is 375. The van der Waals surface area contributed by atoms with Gasteiger partial charge in [0, 0.05) is 0 Å². The lowest BCUT2D eigenvalue weighted by Gasteiger charge is -2.58. The first kappa shape index (κ1) is 12.9. The van der Waals surface area contributed by atoms with Gasteiger partial charge in [-0.1, -0.05) is 44.1 Å². The van der Waals surface area contributed by atoms with Crippen molar-refractivity contribution in [1.29, 1.82) is 0 Å². The van der Waals surface area contributed by atoms with Crippen LogP contribution in [0.5, 0.6) is 0 Å². The Morgan fingerprint density at radius 2 is 2.06 bits per heavy atom. The molecule has 17 heavy (non-hydrogen) atoms. The predicted molar refractivity (Wildman–Crippen MR) is 72.7 cm³/mol. The van der Waals surface area contributed by atoms with Crippen molar-refractivity contribution in [2.24, 2.45) is 22.7 Å². The van der Waals surface area contributed by atoms with E-state index in [4.69, 9.17) is 0 Å². The Balaban J connectivity index is 2.33. The SMILES string of the molecule is CC(=CC1CC2(C)C(C)=CC1CC2(C)C)CO. The lowest BCUT2D eigenvalue weighted by molar-refractivity contribution is 0.00589. The fourth-order valence-corrected chi connectivity index (χ4v) is 3.85. The summed E-state index contributed by atoms with van der Waals surface area (Å²) in [4.78, 5) is 0. The third kappa shape index (κ3) is 1.89. The molecule has 3 rings (SSSR count). The maximum atomic E-state index is 9.17. The fourth-order valence-electron chi connectivity index (χ4n) is 3.85. The number of allylic oxidation sites excluding steroid dienone is 3.